The van der Waals surface area contributed by atoms with Crippen molar-refractivity contribution in [2.24, 2.45) is 0 Å². The fourth-order valence-corrected chi connectivity index (χ4v) is 2.97. The Balaban J connectivity index is 1.43. The van der Waals surface area contributed by atoms with E-state index in [9.17, 15) is 18.0 Å². The Labute approximate surface area is 174 Å². The van der Waals surface area contributed by atoms with Crippen LogP contribution in [0.1, 0.15) is 0 Å². The van der Waals surface area contributed by atoms with Gasteiger partial charge in [0.2, 0.25) is 0 Å². The largest absolute Gasteiger partial charge is 0.492 e. The molecular weight excluding hydrogens is 419 g/mol. The highest BCUT2D eigenvalue weighted by atomic mass is 19.1. The lowest BCUT2D eigenvalue weighted by atomic mass is 10.3. The van der Waals surface area contributed by atoms with Gasteiger partial charge in [-0.25, -0.2) is 18.0 Å². The number of rotatable bonds is 7. The molecule has 11 heteroatoms. The minimum absolute atomic E-state index is 0.205. The molecule has 0 aliphatic carbocycles. The number of nitrogens with zero attached hydrogens (tertiary/aromatic N) is 3. The highest BCUT2D eigenvalue weighted by molar-refractivity contribution is 5.38. The summed E-state index contributed by atoms with van der Waals surface area (Å²) in [7, 11) is 0. The maximum Gasteiger partial charge on any atom is 0.444 e. The Hall–Kier alpha value is -3.31. The first-order valence-electron chi connectivity index (χ1n) is 9.45. The van der Waals surface area contributed by atoms with E-state index in [1.54, 1.807) is 0 Å². The van der Waals surface area contributed by atoms with Crippen molar-refractivity contribution >= 4 is 0 Å². The van der Waals surface area contributed by atoms with Crippen LogP contribution < -0.4 is 15.2 Å². The Morgan fingerprint density at radius 1 is 1.03 bits per heavy atom. The second kappa shape index (κ2) is 9.23. The first-order valence-corrected chi connectivity index (χ1v) is 9.45. The van der Waals surface area contributed by atoms with Gasteiger partial charge in [-0.15, -0.1) is 0 Å². The van der Waals surface area contributed by atoms with Crippen LogP contribution in [0, 0.1) is 17.5 Å². The van der Waals surface area contributed by atoms with Gasteiger partial charge in [0, 0.05) is 31.8 Å². The van der Waals surface area contributed by atoms with Gasteiger partial charge in [-0.2, -0.15) is 4.68 Å². The molecule has 1 saturated heterocycles. The summed E-state index contributed by atoms with van der Waals surface area (Å²) in [5, 5.41) is 3.71. The van der Waals surface area contributed by atoms with Crippen LogP contribution >= 0.6 is 0 Å². The highest BCUT2D eigenvalue weighted by Crippen LogP contribution is 2.24. The lowest BCUT2D eigenvalue weighted by Gasteiger charge is -2.26. The van der Waals surface area contributed by atoms with Crippen molar-refractivity contribution in [1.29, 1.82) is 0 Å². The van der Waals surface area contributed by atoms with Crippen molar-refractivity contribution < 1.29 is 31.8 Å². The van der Waals surface area contributed by atoms with Crippen molar-refractivity contribution in [2.45, 2.75) is 0 Å². The molecule has 3 aromatic rings. The van der Waals surface area contributed by atoms with Crippen molar-refractivity contribution in [1.82, 2.24) is 14.7 Å². The minimum Gasteiger partial charge on any atom is -0.492 e. The molecule has 0 atom stereocenters. The SMILES string of the molecule is O=c1oc(Oc2ccc(F)cc2F)nn1-c1ccc(OCCN2CCOCC2)cc1F. The standard InChI is InChI=1S/C20H18F3N3O5/c21-13-1-4-18(16(23)11-13)30-19-24-26(20(27)31-19)17-3-2-14(12-15(17)22)29-10-7-25-5-8-28-9-6-25/h1-4,11-12H,5-10H2. The number of halogens is 3. The predicted molar refractivity (Wildman–Crippen MR) is 101 cm³/mol. The fraction of sp³-hybridized carbons (Fsp3) is 0.300. The first kappa shape index (κ1) is 20.9. The van der Waals surface area contributed by atoms with Crippen LogP contribution in [0.25, 0.3) is 5.69 Å². The van der Waals surface area contributed by atoms with Gasteiger partial charge in [0.15, 0.2) is 17.4 Å². The van der Waals surface area contributed by atoms with Gasteiger partial charge in [-0.3, -0.25) is 4.90 Å². The molecule has 1 fully saturated rings. The van der Waals surface area contributed by atoms with Crippen molar-refractivity contribution in [3.05, 3.63) is 64.4 Å². The minimum atomic E-state index is -1.04. The summed E-state index contributed by atoms with van der Waals surface area (Å²) >= 11 is 0. The third-order valence-electron chi connectivity index (χ3n) is 4.55. The smallest absolute Gasteiger partial charge is 0.444 e. The quantitative estimate of drug-likeness (QED) is 0.563. The first-order chi connectivity index (χ1) is 15.0. The third-order valence-corrected chi connectivity index (χ3v) is 4.55. The number of hydrogen-bond acceptors (Lipinski definition) is 7. The molecule has 1 aliphatic heterocycles. The average Bonchev–Trinajstić information content (AvgIpc) is 3.11. The lowest BCUT2D eigenvalue weighted by molar-refractivity contribution is 0.0322. The zero-order chi connectivity index (χ0) is 21.8. The number of hydrogen-bond donors (Lipinski definition) is 0. The van der Waals surface area contributed by atoms with E-state index in [1.807, 2.05) is 0 Å². The summed E-state index contributed by atoms with van der Waals surface area (Å²) in [4.78, 5) is 14.2. The van der Waals surface area contributed by atoms with E-state index in [0.29, 0.717) is 37.1 Å². The number of morpholine rings is 1. The van der Waals surface area contributed by atoms with E-state index in [-0.39, 0.29) is 11.4 Å². The molecule has 2 heterocycles. The molecule has 8 nitrogen and oxygen atoms in total. The molecule has 1 aliphatic rings. The van der Waals surface area contributed by atoms with Gasteiger partial charge < -0.3 is 18.6 Å². The van der Waals surface area contributed by atoms with E-state index in [2.05, 4.69) is 10.00 Å². The maximum absolute atomic E-state index is 14.6. The van der Waals surface area contributed by atoms with Gasteiger partial charge in [-0.1, -0.05) is 5.10 Å². The van der Waals surface area contributed by atoms with Crippen molar-refractivity contribution in [3.8, 4) is 23.3 Å². The van der Waals surface area contributed by atoms with Crippen LogP contribution in [0.3, 0.4) is 0 Å². The van der Waals surface area contributed by atoms with Crippen LogP contribution in [-0.4, -0.2) is 54.1 Å². The molecule has 2 aromatic carbocycles. The second-order valence-electron chi connectivity index (χ2n) is 6.64. The predicted octanol–water partition coefficient (Wildman–Crippen LogP) is 2.75. The molecule has 164 valence electrons. The Morgan fingerprint density at radius 3 is 2.58 bits per heavy atom. The van der Waals surface area contributed by atoms with Crippen LogP contribution in [0.4, 0.5) is 13.2 Å². The van der Waals surface area contributed by atoms with Crippen molar-refractivity contribution in [2.75, 3.05) is 39.5 Å². The summed E-state index contributed by atoms with van der Waals surface area (Å²) in [5.74, 6) is -3.75. The molecule has 0 saturated carbocycles. The molecule has 0 radical (unpaired) electrons. The van der Waals surface area contributed by atoms with Crippen LogP contribution in [-0.2, 0) is 4.74 Å². The molecule has 1 aromatic heterocycles. The highest BCUT2D eigenvalue weighted by Gasteiger charge is 2.17. The van der Waals surface area contributed by atoms with Crippen LogP contribution in [0.5, 0.6) is 17.6 Å². The molecule has 0 bridgehead atoms. The van der Waals surface area contributed by atoms with E-state index in [0.717, 1.165) is 31.3 Å². The Morgan fingerprint density at radius 2 is 1.84 bits per heavy atom. The summed E-state index contributed by atoms with van der Waals surface area (Å²) in [6, 6.07) is 6.47. The van der Waals surface area contributed by atoms with Gasteiger partial charge in [-0.05, 0) is 24.3 Å². The van der Waals surface area contributed by atoms with Crippen molar-refractivity contribution in [3.63, 3.8) is 0 Å². The topological polar surface area (TPSA) is 79.0 Å². The molecule has 0 amide bonds. The lowest BCUT2D eigenvalue weighted by Crippen LogP contribution is -2.38. The summed E-state index contributed by atoms with van der Waals surface area (Å²) < 4.78 is 62.5. The molecule has 0 unspecified atom stereocenters. The van der Waals surface area contributed by atoms with Gasteiger partial charge in [0.05, 0.1) is 13.2 Å². The van der Waals surface area contributed by atoms with E-state index in [4.69, 9.17) is 18.6 Å². The van der Waals surface area contributed by atoms with E-state index in [1.165, 1.54) is 12.1 Å². The number of ether oxygens (including phenoxy) is 3. The Kier molecular flexibility index (Phi) is 6.23. The van der Waals surface area contributed by atoms with Crippen LogP contribution in [0.15, 0.2) is 45.6 Å². The van der Waals surface area contributed by atoms with E-state index >= 15 is 0 Å². The molecule has 0 spiro atoms. The summed E-state index contributed by atoms with van der Waals surface area (Å²) in [6.45, 7) is 4.03. The van der Waals surface area contributed by atoms with Gasteiger partial charge >= 0.3 is 11.8 Å². The molecule has 31 heavy (non-hydrogen) atoms. The van der Waals surface area contributed by atoms with E-state index < -0.39 is 35.0 Å². The number of aromatic nitrogens is 2. The zero-order valence-corrected chi connectivity index (χ0v) is 16.2. The third kappa shape index (κ3) is 5.06. The zero-order valence-electron chi connectivity index (χ0n) is 16.2. The molecule has 0 N–H and O–H groups in total. The average molecular weight is 437 g/mol. The molecule has 4 rings (SSSR count). The van der Waals surface area contributed by atoms with Gasteiger partial charge in [0.25, 0.3) is 0 Å². The normalized spacial score (nSPS) is 14.5. The maximum atomic E-state index is 14.6. The monoisotopic (exact) mass is 437 g/mol. The number of benzene rings is 2. The van der Waals surface area contributed by atoms with Gasteiger partial charge in [0.1, 0.15) is 23.9 Å². The summed E-state index contributed by atoms with van der Waals surface area (Å²) in [6.07, 6.45) is -0.624. The van der Waals surface area contributed by atoms with Crippen LogP contribution in [0.2, 0.25) is 0 Å². The second-order valence-corrected chi connectivity index (χ2v) is 6.64. The fourth-order valence-electron chi connectivity index (χ4n) is 2.97. The summed E-state index contributed by atoms with van der Waals surface area (Å²) in [5.41, 5.74) is -0.205. The Bertz CT molecular complexity index is 1110. The molecular formula is C20H18F3N3O5.